The van der Waals surface area contributed by atoms with Crippen LogP contribution in [0.4, 0.5) is 4.79 Å². The number of piperidine rings is 1. The number of aliphatic carboxylic acids is 1. The van der Waals surface area contributed by atoms with E-state index in [4.69, 9.17) is 0 Å². The van der Waals surface area contributed by atoms with E-state index >= 15 is 0 Å². The first-order chi connectivity index (χ1) is 20.6. The number of hydrogen-bond donors (Lipinski definition) is 5. The molecule has 11 heteroatoms. The van der Waals surface area contributed by atoms with Gasteiger partial charge in [-0.05, 0) is 69.9 Å². The highest BCUT2D eigenvalue weighted by Crippen LogP contribution is 2.30. The molecule has 1 saturated heterocycles. The normalized spacial score (nSPS) is 21.0. The highest BCUT2D eigenvalue weighted by Gasteiger charge is 2.38. The van der Waals surface area contributed by atoms with Crippen molar-refractivity contribution in [2.45, 2.75) is 115 Å². The Morgan fingerprint density at radius 3 is 2.26 bits per heavy atom. The average molecular weight is 593 g/mol. The molecule has 1 aromatic carbocycles. The molecule has 1 saturated carbocycles. The first-order valence-corrected chi connectivity index (χ1v) is 15.6. The summed E-state index contributed by atoms with van der Waals surface area (Å²) in [5.74, 6) is -2.39. The van der Waals surface area contributed by atoms with Crippen molar-refractivity contribution in [1.82, 2.24) is 25.8 Å². The molecule has 11 nitrogen and oxygen atoms in total. The van der Waals surface area contributed by atoms with Gasteiger partial charge in [0.15, 0.2) is 0 Å². The zero-order valence-corrected chi connectivity index (χ0v) is 25.3. The van der Waals surface area contributed by atoms with Crippen molar-refractivity contribution in [3.63, 3.8) is 0 Å². The van der Waals surface area contributed by atoms with Crippen LogP contribution in [0.15, 0.2) is 24.3 Å². The molecule has 2 heterocycles. The highest BCUT2D eigenvalue weighted by atomic mass is 16.4. The van der Waals surface area contributed by atoms with Crippen LogP contribution in [0.3, 0.4) is 0 Å². The lowest BCUT2D eigenvalue weighted by molar-refractivity contribution is -0.142. The quantitative estimate of drug-likeness (QED) is 0.265. The van der Waals surface area contributed by atoms with Crippen LogP contribution in [0.1, 0.15) is 89.8 Å². The van der Waals surface area contributed by atoms with E-state index in [0.717, 1.165) is 55.8 Å². The Morgan fingerprint density at radius 1 is 0.977 bits per heavy atom. The molecular formula is C32H44N6O5. The van der Waals surface area contributed by atoms with Gasteiger partial charge in [-0.2, -0.15) is 5.26 Å². The van der Waals surface area contributed by atoms with Gasteiger partial charge >= 0.3 is 12.0 Å². The van der Waals surface area contributed by atoms with Crippen LogP contribution in [0.5, 0.6) is 0 Å². The fourth-order valence-corrected chi connectivity index (χ4v) is 6.72. The molecule has 2 fully saturated rings. The summed E-state index contributed by atoms with van der Waals surface area (Å²) in [5.41, 5.74) is 1.54. The number of rotatable bonds is 11. The van der Waals surface area contributed by atoms with Crippen LogP contribution in [-0.2, 0) is 20.8 Å². The number of urea groups is 1. The van der Waals surface area contributed by atoms with E-state index < -0.39 is 35.9 Å². The summed E-state index contributed by atoms with van der Waals surface area (Å²) in [6.07, 6.45) is 7.02. The smallest absolute Gasteiger partial charge is 0.326 e. The van der Waals surface area contributed by atoms with Crippen molar-refractivity contribution >= 4 is 34.7 Å². The van der Waals surface area contributed by atoms with E-state index in [-0.39, 0.29) is 42.6 Å². The maximum absolute atomic E-state index is 14.0. The second kappa shape index (κ2) is 14.4. The summed E-state index contributed by atoms with van der Waals surface area (Å²) in [6, 6.07) is 6.11. The number of aromatic nitrogens is 1. The lowest BCUT2D eigenvalue weighted by Crippen LogP contribution is -2.60. The number of carbonyl (C=O) groups is 4. The molecular weight excluding hydrogens is 548 g/mol. The molecule has 2 aliphatic rings. The molecule has 4 rings (SSSR count). The third kappa shape index (κ3) is 7.48. The Morgan fingerprint density at radius 2 is 1.63 bits per heavy atom. The molecule has 0 bridgehead atoms. The lowest BCUT2D eigenvalue weighted by atomic mass is 9.95. The van der Waals surface area contributed by atoms with Crippen LogP contribution < -0.4 is 16.0 Å². The topological polar surface area (TPSA) is 167 Å². The number of carboxylic acid groups (broad SMARTS) is 1. The lowest BCUT2D eigenvalue weighted by Gasteiger charge is -2.40. The predicted octanol–water partition coefficient (Wildman–Crippen LogP) is 3.97. The van der Waals surface area contributed by atoms with E-state index in [1.165, 1.54) is 0 Å². The molecule has 1 aromatic heterocycles. The number of H-pyrrole nitrogens is 1. The molecule has 5 N–H and O–H groups in total. The second-order valence-corrected chi connectivity index (χ2v) is 12.1. The summed E-state index contributed by atoms with van der Waals surface area (Å²) in [6.45, 7) is 5.86. The minimum atomic E-state index is -1.17. The molecule has 5 unspecified atom stereocenters. The Labute approximate surface area is 252 Å². The van der Waals surface area contributed by atoms with Gasteiger partial charge in [-0.1, -0.05) is 44.4 Å². The molecule has 2 aromatic rings. The third-order valence-corrected chi connectivity index (χ3v) is 9.02. The minimum Gasteiger partial charge on any atom is -0.480 e. The Kier molecular flexibility index (Phi) is 10.7. The molecule has 1 aliphatic heterocycles. The Hall–Kier alpha value is -4.07. The van der Waals surface area contributed by atoms with Crippen LogP contribution >= 0.6 is 0 Å². The number of para-hydroxylation sites is 1. The number of aromatic amines is 1. The molecule has 0 spiro atoms. The van der Waals surface area contributed by atoms with Crippen molar-refractivity contribution in [2.75, 3.05) is 0 Å². The first-order valence-electron chi connectivity index (χ1n) is 15.6. The summed E-state index contributed by atoms with van der Waals surface area (Å²) in [5, 5.41) is 28.7. The van der Waals surface area contributed by atoms with E-state index in [1.807, 2.05) is 49.9 Å². The number of nitrogens with zero attached hydrogens (tertiary/aromatic N) is 2. The number of nitrogens with one attached hydrogen (secondary N) is 4. The number of fused-ring (bicyclic) bond motifs is 1. The second-order valence-electron chi connectivity index (χ2n) is 12.1. The number of nitriles is 1. The number of hydrogen-bond acceptors (Lipinski definition) is 5. The largest absolute Gasteiger partial charge is 0.480 e. The van der Waals surface area contributed by atoms with Crippen LogP contribution in [0.25, 0.3) is 10.9 Å². The standard InChI is InChI=1S/C32H44N6O5/c1-4-10-25(31(41)42)35-29(39)26(17-23-22-15-7-8-16-24(22)34-27(23)18-33)36-30(40)28(21-13-5-6-14-21)37-32(43)38-19(2)11-9-12-20(38)3/h7-8,15-16,19-21,25-26,28,34H,4-6,9-14,17H2,1-3H3,(H,35,39)(H,36,40)(H,37,43)(H,41,42). The van der Waals surface area contributed by atoms with Gasteiger partial charge in [0.2, 0.25) is 11.8 Å². The van der Waals surface area contributed by atoms with Crippen molar-refractivity contribution < 1.29 is 24.3 Å². The van der Waals surface area contributed by atoms with Gasteiger partial charge in [-0.15, -0.1) is 0 Å². The Balaban J connectivity index is 1.63. The zero-order chi connectivity index (χ0) is 31.1. The SMILES string of the molecule is CCCC(NC(=O)C(Cc1c(C#N)[nH]c2ccccc12)NC(=O)C(NC(=O)N1C(C)CCCC1C)C1CCCC1)C(=O)O. The maximum Gasteiger partial charge on any atom is 0.326 e. The molecule has 4 amide bonds. The van der Waals surface area contributed by atoms with Crippen LogP contribution in [0, 0.1) is 17.2 Å². The minimum absolute atomic E-state index is 0.0333. The fourth-order valence-electron chi connectivity index (χ4n) is 6.72. The van der Waals surface area contributed by atoms with E-state index in [1.54, 1.807) is 0 Å². The van der Waals surface area contributed by atoms with Gasteiger partial charge in [-0.3, -0.25) is 9.59 Å². The van der Waals surface area contributed by atoms with Gasteiger partial charge in [-0.25, -0.2) is 9.59 Å². The number of benzene rings is 1. The van der Waals surface area contributed by atoms with Crippen molar-refractivity contribution in [1.29, 1.82) is 5.26 Å². The van der Waals surface area contributed by atoms with E-state index in [2.05, 4.69) is 27.0 Å². The van der Waals surface area contributed by atoms with Crippen molar-refractivity contribution in [3.8, 4) is 6.07 Å². The highest BCUT2D eigenvalue weighted by molar-refractivity contribution is 5.94. The van der Waals surface area contributed by atoms with E-state index in [0.29, 0.717) is 12.0 Å². The predicted molar refractivity (Wildman–Crippen MR) is 162 cm³/mol. The summed E-state index contributed by atoms with van der Waals surface area (Å²) in [4.78, 5) is 57.9. The van der Waals surface area contributed by atoms with E-state index in [9.17, 15) is 29.5 Å². The number of carbonyl (C=O) groups excluding carboxylic acids is 3. The van der Waals surface area contributed by atoms with Gasteiger partial charge in [0.25, 0.3) is 0 Å². The molecule has 5 atom stereocenters. The fraction of sp³-hybridized carbons (Fsp3) is 0.594. The van der Waals surface area contributed by atoms with Gasteiger partial charge < -0.3 is 30.9 Å². The summed E-state index contributed by atoms with van der Waals surface area (Å²) >= 11 is 0. The number of amides is 4. The Bertz CT molecular complexity index is 1350. The third-order valence-electron chi connectivity index (χ3n) is 9.02. The summed E-state index contributed by atoms with van der Waals surface area (Å²) < 4.78 is 0. The van der Waals surface area contributed by atoms with Gasteiger partial charge in [0.1, 0.15) is 29.9 Å². The maximum atomic E-state index is 14.0. The zero-order valence-electron chi connectivity index (χ0n) is 25.3. The molecule has 43 heavy (non-hydrogen) atoms. The van der Waals surface area contributed by atoms with Gasteiger partial charge in [0.05, 0.1) is 0 Å². The van der Waals surface area contributed by atoms with Crippen LogP contribution in [0.2, 0.25) is 0 Å². The first kappa shape index (κ1) is 31.9. The van der Waals surface area contributed by atoms with Crippen molar-refractivity contribution in [3.05, 3.63) is 35.5 Å². The molecule has 232 valence electrons. The summed E-state index contributed by atoms with van der Waals surface area (Å²) in [7, 11) is 0. The number of carboxylic acids is 1. The van der Waals surface area contributed by atoms with Crippen molar-refractivity contribution in [2.24, 2.45) is 5.92 Å². The molecule has 0 radical (unpaired) electrons. The average Bonchev–Trinajstić information content (AvgIpc) is 3.63. The van der Waals surface area contributed by atoms with Gasteiger partial charge in [0, 0.05) is 29.4 Å². The van der Waals surface area contributed by atoms with Crippen LogP contribution in [-0.4, -0.2) is 69.0 Å². The monoisotopic (exact) mass is 592 g/mol. The molecule has 1 aliphatic carbocycles. The number of likely N-dealkylation sites (tertiary alicyclic amines) is 1.